The average molecular weight is 298 g/mol. The Balaban J connectivity index is 2.31. The third-order valence-corrected chi connectivity index (χ3v) is 3.59. The van der Waals surface area contributed by atoms with Crippen molar-refractivity contribution in [2.24, 2.45) is 14.1 Å². The van der Waals surface area contributed by atoms with Crippen LogP contribution in [0.3, 0.4) is 0 Å². The van der Waals surface area contributed by atoms with Crippen LogP contribution in [0, 0.1) is 6.92 Å². The van der Waals surface area contributed by atoms with Gasteiger partial charge >= 0.3 is 5.69 Å². The van der Waals surface area contributed by atoms with Crippen LogP contribution in [0.1, 0.15) is 38.5 Å². The summed E-state index contributed by atoms with van der Waals surface area (Å²) >= 11 is 0. The molecule has 0 fully saturated rings. The van der Waals surface area contributed by atoms with Crippen LogP contribution in [0.4, 0.5) is 0 Å². The van der Waals surface area contributed by atoms with E-state index in [9.17, 15) is 14.7 Å². The van der Waals surface area contributed by atoms with Gasteiger partial charge in [0.15, 0.2) is 0 Å². The molecule has 116 valence electrons. The molecule has 0 aliphatic rings. The highest BCUT2D eigenvalue weighted by molar-refractivity contribution is 5.79. The maximum Gasteiger partial charge on any atom is 0.332 e. The van der Waals surface area contributed by atoms with Gasteiger partial charge in [-0.25, -0.2) is 4.79 Å². The van der Waals surface area contributed by atoms with E-state index in [4.69, 9.17) is 6.85 Å². The molecule has 0 aliphatic carbocycles. The van der Waals surface area contributed by atoms with Gasteiger partial charge in [0, 0.05) is 30.9 Å². The summed E-state index contributed by atoms with van der Waals surface area (Å²) in [5.41, 5.74) is -0.159. The topological polar surface area (TPSA) is 69.2 Å². The summed E-state index contributed by atoms with van der Waals surface area (Å²) in [5.74, 6) is 0. The molecule has 6 heteroatoms. The Morgan fingerprint density at radius 3 is 2.81 bits per heavy atom. The molecule has 2 rings (SSSR count). The minimum atomic E-state index is -2.81. The van der Waals surface area contributed by atoms with E-state index >= 15 is 0 Å². The van der Waals surface area contributed by atoms with Crippen molar-refractivity contribution in [3.05, 3.63) is 32.6 Å². The first-order valence-corrected chi connectivity index (χ1v) is 6.79. The lowest BCUT2D eigenvalue weighted by Crippen LogP contribution is -2.39. The van der Waals surface area contributed by atoms with Gasteiger partial charge in [-0.2, -0.15) is 0 Å². The number of aromatic nitrogens is 3. The van der Waals surface area contributed by atoms with Crippen LogP contribution in [0.15, 0.2) is 15.8 Å². The smallest absolute Gasteiger partial charge is 0.332 e. The zero-order valence-electron chi connectivity index (χ0n) is 17.4. The second kappa shape index (κ2) is 5.89. The molecule has 0 radical (unpaired) electrons. The number of rotatable bonds is 5. The third kappa shape index (κ3) is 2.81. The number of hydrogen-bond donors (Lipinski definition) is 1. The van der Waals surface area contributed by atoms with Crippen LogP contribution in [0.2, 0.25) is 0 Å². The number of unbranched alkanes of at least 4 members (excludes halogenated alkanes) is 1. The highest BCUT2D eigenvalue weighted by atomic mass is 16.3. The zero-order valence-corrected chi connectivity index (χ0v) is 12.4. The first kappa shape index (κ1) is 10.00. The van der Waals surface area contributed by atoms with Gasteiger partial charge in [-0.3, -0.25) is 13.9 Å². The molecule has 0 amide bonds. The number of hydrogen-bond acceptors (Lipinski definition) is 3. The molecule has 0 saturated heterocycles. The van der Waals surface area contributed by atoms with E-state index in [0.29, 0.717) is 16.6 Å². The number of aryl methyl sites for hydroxylation is 3. The summed E-state index contributed by atoms with van der Waals surface area (Å²) < 4.78 is 40.7. The quantitative estimate of drug-likeness (QED) is 0.834. The monoisotopic (exact) mass is 298 g/mol. The molecule has 1 atom stereocenters. The molecule has 2 aromatic rings. The second-order valence-electron chi connectivity index (χ2n) is 5.20. The van der Waals surface area contributed by atoms with Gasteiger partial charge in [0.25, 0.3) is 5.56 Å². The Hall–Kier alpha value is -1.82. The summed E-state index contributed by atoms with van der Waals surface area (Å²) in [6.45, 7) is -1.12. The Labute approximate surface area is 130 Å². The van der Waals surface area contributed by atoms with E-state index in [1.165, 1.54) is 16.2 Å². The Kier molecular flexibility index (Phi) is 2.80. The van der Waals surface area contributed by atoms with Crippen molar-refractivity contribution in [3.63, 3.8) is 0 Å². The SMILES string of the molecule is [2H]c1c(C)c2c(=O)n(CCCCC([2H])(O)C([2H])([2H])[2H])c(=O)n(C)c2n1C. The van der Waals surface area contributed by atoms with Crippen molar-refractivity contribution >= 4 is 11.0 Å². The van der Waals surface area contributed by atoms with E-state index < -0.39 is 24.2 Å². The number of fused-ring (bicyclic) bond motifs is 1. The molecule has 1 unspecified atom stereocenters. The van der Waals surface area contributed by atoms with Crippen molar-refractivity contribution in [3.8, 4) is 0 Å². The minimum absolute atomic E-state index is 0.0419. The lowest BCUT2D eigenvalue weighted by molar-refractivity contribution is 0.180. The van der Waals surface area contributed by atoms with Crippen molar-refractivity contribution in [2.75, 3.05) is 0 Å². The molecule has 6 nitrogen and oxygen atoms in total. The summed E-state index contributed by atoms with van der Waals surface area (Å²) in [6.07, 6.45) is -2.26. The van der Waals surface area contributed by atoms with E-state index in [-0.39, 0.29) is 32.0 Å². The van der Waals surface area contributed by atoms with Crippen LogP contribution < -0.4 is 11.2 Å². The standard InChI is InChI=1S/C15H23N3O3/c1-10-9-16(3)13-12(10)14(20)18(15(21)17(13)4)8-6-5-7-11(2)19/h9,11,19H,5-8H2,1-4H3/i2D3,9D,11D. The Morgan fingerprint density at radius 1 is 1.43 bits per heavy atom. The van der Waals surface area contributed by atoms with Crippen LogP contribution in [-0.2, 0) is 20.6 Å². The van der Waals surface area contributed by atoms with Gasteiger partial charge in [0.05, 0.1) is 14.2 Å². The number of aliphatic hydroxyl groups is 1. The maximum atomic E-state index is 12.7. The molecule has 0 spiro atoms. The normalized spacial score (nSPS) is 18.6. The predicted octanol–water partition coefficient (Wildman–Crippen LogP) is 0.898. The molecule has 21 heavy (non-hydrogen) atoms. The predicted molar refractivity (Wildman–Crippen MR) is 82.7 cm³/mol. The first-order valence-electron chi connectivity index (χ1n) is 9.29. The Morgan fingerprint density at radius 2 is 2.14 bits per heavy atom. The first-order chi connectivity index (χ1) is 11.8. The van der Waals surface area contributed by atoms with Gasteiger partial charge in [-0.05, 0) is 38.6 Å². The van der Waals surface area contributed by atoms with E-state index in [0.717, 1.165) is 4.57 Å². The fourth-order valence-corrected chi connectivity index (χ4v) is 2.60. The second-order valence-corrected chi connectivity index (χ2v) is 5.20. The lowest BCUT2D eigenvalue weighted by atomic mass is 10.2. The summed E-state index contributed by atoms with van der Waals surface area (Å²) in [4.78, 5) is 25.2. The van der Waals surface area contributed by atoms with Gasteiger partial charge in [-0.1, -0.05) is 0 Å². The van der Waals surface area contributed by atoms with Crippen molar-refractivity contribution in [1.82, 2.24) is 13.7 Å². The zero-order chi connectivity index (χ0) is 20.0. The lowest BCUT2D eigenvalue weighted by Gasteiger charge is -2.10. The fraction of sp³-hybridized carbons (Fsp3) is 0.600. The fourth-order valence-electron chi connectivity index (χ4n) is 2.60. The van der Waals surface area contributed by atoms with Crippen molar-refractivity contribution in [2.45, 2.75) is 45.7 Å². The van der Waals surface area contributed by atoms with E-state index in [1.54, 1.807) is 14.0 Å². The number of nitrogens with zero attached hydrogens (tertiary/aromatic N) is 3. The molecule has 2 aromatic heterocycles. The van der Waals surface area contributed by atoms with Gasteiger partial charge in [-0.15, -0.1) is 0 Å². The molecule has 0 bridgehead atoms. The van der Waals surface area contributed by atoms with Crippen LogP contribution >= 0.6 is 0 Å². The summed E-state index contributed by atoms with van der Waals surface area (Å²) in [5, 5.41) is 9.96. The largest absolute Gasteiger partial charge is 0.393 e. The van der Waals surface area contributed by atoms with Gasteiger partial charge in [0.1, 0.15) is 5.65 Å². The van der Waals surface area contributed by atoms with Gasteiger partial charge in [0.2, 0.25) is 0 Å². The molecular weight excluding hydrogens is 270 g/mol. The third-order valence-electron chi connectivity index (χ3n) is 3.59. The molecular formula is C15H23N3O3. The molecule has 2 heterocycles. The highest BCUT2D eigenvalue weighted by Crippen LogP contribution is 2.14. The maximum absolute atomic E-state index is 12.7. The average Bonchev–Trinajstić information content (AvgIpc) is 2.75. The van der Waals surface area contributed by atoms with Gasteiger partial charge < -0.3 is 9.67 Å². The molecule has 1 N–H and O–H groups in total. The van der Waals surface area contributed by atoms with E-state index in [1.807, 2.05) is 0 Å². The van der Waals surface area contributed by atoms with Crippen molar-refractivity contribution in [1.29, 1.82) is 0 Å². The van der Waals surface area contributed by atoms with E-state index in [2.05, 4.69) is 0 Å². The summed E-state index contributed by atoms with van der Waals surface area (Å²) in [7, 11) is 3.14. The Bertz CT molecular complexity index is 953. The van der Waals surface area contributed by atoms with Crippen LogP contribution in [-0.4, -0.2) is 24.9 Å². The minimum Gasteiger partial charge on any atom is -0.393 e. The highest BCUT2D eigenvalue weighted by Gasteiger charge is 2.15. The van der Waals surface area contributed by atoms with Crippen LogP contribution in [0.25, 0.3) is 11.0 Å². The van der Waals surface area contributed by atoms with Crippen molar-refractivity contribution < 1.29 is 12.0 Å². The molecule has 0 aromatic carbocycles. The van der Waals surface area contributed by atoms with Crippen LogP contribution in [0.5, 0.6) is 0 Å². The molecule has 0 saturated carbocycles. The molecule has 0 aliphatic heterocycles. The summed E-state index contributed by atoms with van der Waals surface area (Å²) in [6, 6.07) is 0.